The van der Waals surface area contributed by atoms with Crippen LogP contribution in [0.2, 0.25) is 0 Å². The summed E-state index contributed by atoms with van der Waals surface area (Å²) >= 11 is 0. The average Bonchev–Trinajstić information content (AvgIpc) is 3.24. The van der Waals surface area contributed by atoms with Gasteiger partial charge in [0.25, 0.3) is 11.5 Å². The van der Waals surface area contributed by atoms with Crippen LogP contribution in [0.5, 0.6) is 5.75 Å². The van der Waals surface area contributed by atoms with E-state index in [9.17, 15) is 37.1 Å². The summed E-state index contributed by atoms with van der Waals surface area (Å²) in [6.45, 7) is 3.36. The monoisotopic (exact) mass is 673 g/mol. The molecule has 1 saturated carbocycles. The minimum Gasteiger partial charge on any atom is -0.501 e. The van der Waals surface area contributed by atoms with Gasteiger partial charge >= 0.3 is 11.8 Å². The van der Waals surface area contributed by atoms with E-state index in [1.165, 1.54) is 38.0 Å². The van der Waals surface area contributed by atoms with Crippen molar-refractivity contribution in [2.75, 3.05) is 26.2 Å². The second-order valence-corrected chi connectivity index (χ2v) is 14.6. The zero-order valence-corrected chi connectivity index (χ0v) is 26.8. The molecule has 1 aromatic heterocycles. The molecule has 3 amide bonds. The summed E-state index contributed by atoms with van der Waals surface area (Å²) in [6.07, 6.45) is 1.25. The first-order valence-corrected chi connectivity index (χ1v) is 17.0. The summed E-state index contributed by atoms with van der Waals surface area (Å²) in [5.41, 5.74) is -1.69. The molecule has 2 unspecified atom stereocenters. The van der Waals surface area contributed by atoms with Crippen molar-refractivity contribution >= 4 is 33.5 Å². The summed E-state index contributed by atoms with van der Waals surface area (Å²) in [4.78, 5) is 64.2. The summed E-state index contributed by atoms with van der Waals surface area (Å²) in [5, 5.41) is 19.0. The van der Waals surface area contributed by atoms with E-state index < -0.39 is 67.5 Å². The summed E-state index contributed by atoms with van der Waals surface area (Å²) < 4.78 is 42.3. The Hall–Kier alpha value is -4.38. The van der Waals surface area contributed by atoms with Crippen molar-refractivity contribution < 1.29 is 37.1 Å². The van der Waals surface area contributed by atoms with Crippen LogP contribution >= 0.6 is 0 Å². The predicted molar refractivity (Wildman–Crippen MR) is 164 cm³/mol. The van der Waals surface area contributed by atoms with Crippen molar-refractivity contribution in [3.05, 3.63) is 57.5 Å². The second kappa shape index (κ2) is 12.3. The Balaban J connectivity index is 1.19. The largest absolute Gasteiger partial charge is 0.501 e. The Morgan fingerprint density at radius 1 is 1.11 bits per heavy atom. The fourth-order valence-electron chi connectivity index (χ4n) is 6.91. The van der Waals surface area contributed by atoms with Gasteiger partial charge < -0.3 is 25.5 Å². The second-order valence-electron chi connectivity index (χ2n) is 12.5. The molecule has 0 radical (unpaired) electrons. The van der Waals surface area contributed by atoms with Crippen molar-refractivity contribution in [3.63, 3.8) is 0 Å². The number of aromatic hydroxyl groups is 1. The number of nitrogens with zero attached hydrogens (tertiary/aromatic N) is 5. The molecule has 47 heavy (non-hydrogen) atoms. The molecule has 0 spiro atoms. The molecule has 5 aliphatic rings. The van der Waals surface area contributed by atoms with Gasteiger partial charge in [0.05, 0.1) is 11.3 Å². The number of sulfonamides is 1. The number of hydrogen-bond acceptors (Lipinski definition) is 10. The summed E-state index contributed by atoms with van der Waals surface area (Å²) in [5.74, 6) is -3.78. The van der Waals surface area contributed by atoms with Crippen LogP contribution in [0, 0.1) is 11.7 Å². The van der Waals surface area contributed by atoms with Gasteiger partial charge in [-0.05, 0) is 63.1 Å². The molecule has 2 atom stereocenters. The van der Waals surface area contributed by atoms with Crippen LogP contribution in [0.1, 0.15) is 61.4 Å². The molecule has 4 aliphatic heterocycles. The number of hydrogen-bond donors (Lipinski definition) is 3. The fraction of sp³-hybridized carbons (Fsp3) is 0.533. The first-order valence-electron chi connectivity index (χ1n) is 15.5. The summed E-state index contributed by atoms with van der Waals surface area (Å²) in [7, 11) is -3.81. The number of carbonyl (C=O) groups excluding carboxylic acids is 3. The van der Waals surface area contributed by atoms with E-state index >= 15 is 0 Å². The third kappa shape index (κ3) is 5.97. The Morgan fingerprint density at radius 3 is 2.38 bits per heavy atom. The molecule has 17 heteroatoms. The molecule has 1 saturated heterocycles. The number of rotatable bonds is 6. The van der Waals surface area contributed by atoms with E-state index in [4.69, 9.17) is 4.84 Å². The lowest BCUT2D eigenvalue weighted by Crippen LogP contribution is -2.58. The number of aromatic nitrogens is 2. The number of fused-ring (bicyclic) bond motifs is 2. The quantitative estimate of drug-likeness (QED) is 0.359. The van der Waals surface area contributed by atoms with Crippen LogP contribution in [-0.4, -0.2) is 93.2 Å². The van der Waals surface area contributed by atoms with Gasteiger partial charge in [0.1, 0.15) is 17.7 Å². The highest BCUT2D eigenvalue weighted by molar-refractivity contribution is 7.90. The highest BCUT2D eigenvalue weighted by Crippen LogP contribution is 2.43. The van der Waals surface area contributed by atoms with Crippen molar-refractivity contribution in [2.45, 2.75) is 69.5 Å². The maximum atomic E-state index is 13.5. The first-order chi connectivity index (χ1) is 22.3. The van der Waals surface area contributed by atoms with E-state index in [2.05, 4.69) is 20.8 Å². The maximum absolute atomic E-state index is 13.5. The Labute approximate surface area is 269 Å². The Bertz CT molecular complexity index is 1800. The van der Waals surface area contributed by atoms with Crippen molar-refractivity contribution in [1.82, 2.24) is 29.4 Å². The third-order valence-electron chi connectivity index (χ3n) is 9.51. The van der Waals surface area contributed by atoms with Crippen molar-refractivity contribution in [2.24, 2.45) is 11.1 Å². The smallest absolute Gasteiger partial charge is 0.311 e. The molecular formula is C30H36FN7O8S. The number of amides is 3. The van der Waals surface area contributed by atoms with Gasteiger partial charge in [-0.3, -0.25) is 23.7 Å². The van der Waals surface area contributed by atoms with Crippen molar-refractivity contribution in [1.29, 1.82) is 0 Å². The van der Waals surface area contributed by atoms with Crippen LogP contribution in [0.25, 0.3) is 0 Å². The van der Waals surface area contributed by atoms with Gasteiger partial charge in [-0.1, -0.05) is 17.3 Å². The molecule has 7 rings (SSSR count). The van der Waals surface area contributed by atoms with E-state index in [0.717, 1.165) is 0 Å². The van der Waals surface area contributed by atoms with E-state index in [1.807, 2.05) is 0 Å². The van der Waals surface area contributed by atoms with Crippen LogP contribution in [0.4, 0.5) is 4.39 Å². The standard InChI is InChI=1S/C30H36FN7O8S/c1-17-24(18(2)46-35-17)47(44,45)37-13-11-36(12-14-37)28(43)26(41)34-30-9-7-20(8-10-30)16-38-27(42)23(39)22(33-29(30)38)25(40)32-15-19-3-5-21(31)6-4-19/h3-6,18,20,24,39H,7-16H2,1-2H3,(H,32,40)(H,34,41). The zero-order chi connectivity index (χ0) is 33.7. The van der Waals surface area contributed by atoms with E-state index in [0.29, 0.717) is 37.0 Å². The molecule has 15 nitrogen and oxygen atoms in total. The lowest BCUT2D eigenvalue weighted by molar-refractivity contribution is -0.148. The molecule has 1 aromatic carbocycles. The third-order valence-corrected chi connectivity index (χ3v) is 12.0. The van der Waals surface area contributed by atoms with E-state index in [-0.39, 0.29) is 51.0 Å². The first kappa shape index (κ1) is 32.6. The number of piperazine rings is 1. The van der Waals surface area contributed by atoms with Gasteiger partial charge in [-0.15, -0.1) is 0 Å². The molecule has 1 aliphatic carbocycles. The average molecular weight is 674 g/mol. The van der Waals surface area contributed by atoms with Crippen LogP contribution in [0.15, 0.2) is 34.2 Å². The predicted octanol–water partition coefficient (Wildman–Crippen LogP) is 0.171. The van der Waals surface area contributed by atoms with Crippen LogP contribution < -0.4 is 16.2 Å². The fourth-order valence-corrected chi connectivity index (χ4v) is 8.91. The Kier molecular flexibility index (Phi) is 8.54. The SMILES string of the molecule is CC1=NOC(C)C1S(=O)(=O)N1CCN(C(=O)C(=O)NC23CCC(CC2)Cn2c3nc(C(=O)NCc3ccc(F)cc3)c(O)c2=O)CC1. The van der Waals surface area contributed by atoms with Crippen molar-refractivity contribution in [3.8, 4) is 5.75 Å². The molecule has 252 valence electrons. The van der Waals surface area contributed by atoms with Gasteiger partial charge in [0.15, 0.2) is 10.9 Å². The Morgan fingerprint density at radius 2 is 1.77 bits per heavy atom. The number of nitrogens with one attached hydrogen (secondary N) is 2. The number of carbonyl (C=O) groups is 3. The topological polar surface area (TPSA) is 193 Å². The number of halogens is 1. The molecule has 5 heterocycles. The number of benzene rings is 1. The molecule has 2 bridgehead atoms. The summed E-state index contributed by atoms with van der Waals surface area (Å²) in [6, 6.07) is 5.43. The van der Waals surface area contributed by atoms with Gasteiger partial charge in [-0.25, -0.2) is 17.8 Å². The number of oxime groups is 1. The van der Waals surface area contributed by atoms with Gasteiger partial charge in [-0.2, -0.15) is 4.31 Å². The van der Waals surface area contributed by atoms with Crippen LogP contribution in [0.3, 0.4) is 0 Å². The highest BCUT2D eigenvalue weighted by atomic mass is 32.2. The van der Waals surface area contributed by atoms with Crippen LogP contribution in [-0.2, 0) is 43.1 Å². The minimum atomic E-state index is -3.81. The highest BCUT2D eigenvalue weighted by Gasteiger charge is 2.48. The minimum absolute atomic E-state index is 0.0138. The molecular weight excluding hydrogens is 637 g/mol. The molecule has 2 aromatic rings. The lowest BCUT2D eigenvalue weighted by atomic mass is 9.77. The normalized spacial score (nSPS) is 25.7. The van der Waals surface area contributed by atoms with E-state index in [1.54, 1.807) is 13.8 Å². The lowest BCUT2D eigenvalue weighted by Gasteiger charge is -2.38. The maximum Gasteiger partial charge on any atom is 0.311 e. The molecule has 3 N–H and O–H groups in total. The van der Waals surface area contributed by atoms with Gasteiger partial charge in [0.2, 0.25) is 15.8 Å². The molecule has 2 fully saturated rings. The van der Waals surface area contributed by atoms with Gasteiger partial charge in [0, 0.05) is 39.3 Å². The zero-order valence-electron chi connectivity index (χ0n) is 25.9.